The molecule has 1 unspecified atom stereocenters. The molecule has 2 saturated heterocycles. The van der Waals surface area contributed by atoms with E-state index in [1.54, 1.807) is 0 Å². The number of aryl methyl sites for hydroxylation is 1. The third-order valence-electron chi connectivity index (χ3n) is 4.77. The van der Waals surface area contributed by atoms with E-state index < -0.39 is 12.0 Å². The summed E-state index contributed by atoms with van der Waals surface area (Å²) in [6.07, 6.45) is 1.36. The zero-order valence-electron chi connectivity index (χ0n) is 12.7. The van der Waals surface area contributed by atoms with Gasteiger partial charge in [0, 0.05) is 18.2 Å². The number of aliphatic carboxylic acids is 1. The average Bonchev–Trinajstić information content (AvgIpc) is 3.11. The van der Waals surface area contributed by atoms with Gasteiger partial charge < -0.3 is 10.0 Å². The predicted octanol–water partition coefficient (Wildman–Crippen LogP) is 0.349. The van der Waals surface area contributed by atoms with Crippen molar-refractivity contribution in [2.75, 3.05) is 12.3 Å². The van der Waals surface area contributed by atoms with Gasteiger partial charge in [-0.3, -0.25) is 14.5 Å². The zero-order valence-corrected chi connectivity index (χ0v) is 14.3. The van der Waals surface area contributed by atoms with Gasteiger partial charge in [0.25, 0.3) is 5.91 Å². The van der Waals surface area contributed by atoms with Crippen molar-refractivity contribution in [3.63, 3.8) is 0 Å². The number of β-lactam (4-membered cyclic amide) rings is 1. The van der Waals surface area contributed by atoms with E-state index in [-0.39, 0.29) is 23.6 Å². The van der Waals surface area contributed by atoms with Crippen molar-refractivity contribution >= 4 is 41.4 Å². The molecule has 8 nitrogen and oxygen atoms in total. The van der Waals surface area contributed by atoms with Crippen molar-refractivity contribution in [2.45, 2.75) is 29.8 Å². The number of carbonyl (C=O) groups excluding carboxylic acids is 2. The van der Waals surface area contributed by atoms with Gasteiger partial charge in [0.2, 0.25) is 6.41 Å². The van der Waals surface area contributed by atoms with Gasteiger partial charge in [0.15, 0.2) is 4.34 Å². The summed E-state index contributed by atoms with van der Waals surface area (Å²) in [7, 11) is 0. The van der Waals surface area contributed by atoms with Crippen LogP contribution in [0.1, 0.15) is 11.4 Å². The number of hydrogen-bond donors (Lipinski definition) is 1. The summed E-state index contributed by atoms with van der Waals surface area (Å²) in [6, 6.07) is -0.740. The standard InChI is InChI=1S/C14H14N4O4S2/c1-6-15-16-14(24-6)23-4-8-7-2-3-17(5-19)11-9(7)18(12(11)20)10(8)13(21)22/h5,7,9,11H,2-4H2,1H3,(H,21,22)/t7?,9-,11+/m1/s1. The second-order valence-corrected chi connectivity index (χ2v) is 8.34. The molecule has 0 aliphatic carbocycles. The number of hydrogen-bond acceptors (Lipinski definition) is 7. The monoisotopic (exact) mass is 366 g/mol. The third kappa shape index (κ3) is 2.09. The molecular weight excluding hydrogens is 352 g/mol. The van der Waals surface area contributed by atoms with E-state index in [4.69, 9.17) is 0 Å². The maximum Gasteiger partial charge on any atom is 0.352 e. The summed E-state index contributed by atoms with van der Waals surface area (Å²) in [5, 5.41) is 18.5. The molecule has 0 radical (unpaired) electrons. The Bertz CT molecular complexity index is 777. The molecular formula is C14H14N4O4S2. The van der Waals surface area contributed by atoms with E-state index in [0.717, 1.165) is 14.9 Å². The van der Waals surface area contributed by atoms with Crippen LogP contribution in [0.25, 0.3) is 0 Å². The van der Waals surface area contributed by atoms with Crippen LogP contribution in [0.4, 0.5) is 0 Å². The number of amides is 2. The Morgan fingerprint density at radius 2 is 2.29 bits per heavy atom. The fourth-order valence-corrected chi connectivity index (χ4v) is 5.73. The highest BCUT2D eigenvalue weighted by molar-refractivity contribution is 8.01. The Morgan fingerprint density at radius 3 is 2.92 bits per heavy atom. The van der Waals surface area contributed by atoms with Gasteiger partial charge in [-0.05, 0) is 18.9 Å². The number of carboxylic acids is 1. The Balaban J connectivity index is 1.63. The minimum absolute atomic E-state index is 0.00322. The molecule has 4 rings (SSSR count). The van der Waals surface area contributed by atoms with Crippen molar-refractivity contribution in [2.24, 2.45) is 5.92 Å². The SMILES string of the molecule is Cc1nnc(SCC2=C(C(=O)O)N3C(=O)[C@@H]4[C@H]3C2CCN4C=O)s1. The van der Waals surface area contributed by atoms with Crippen molar-refractivity contribution in [3.8, 4) is 0 Å². The molecule has 1 N–H and O–H groups in total. The molecule has 0 saturated carbocycles. The summed E-state index contributed by atoms with van der Waals surface area (Å²) in [4.78, 5) is 38.1. The van der Waals surface area contributed by atoms with E-state index >= 15 is 0 Å². The Kier molecular flexibility index (Phi) is 3.61. The van der Waals surface area contributed by atoms with Crippen molar-refractivity contribution in [3.05, 3.63) is 16.3 Å². The molecule has 0 bridgehead atoms. The van der Waals surface area contributed by atoms with Gasteiger partial charge in [-0.1, -0.05) is 23.1 Å². The first kappa shape index (κ1) is 15.6. The number of carbonyl (C=O) groups is 3. The second-order valence-electron chi connectivity index (χ2n) is 5.94. The first-order valence-corrected chi connectivity index (χ1v) is 9.26. The lowest BCUT2D eigenvalue weighted by molar-refractivity contribution is -0.165. The third-order valence-corrected chi connectivity index (χ3v) is 6.79. The van der Waals surface area contributed by atoms with Crippen LogP contribution in [0.5, 0.6) is 0 Å². The van der Waals surface area contributed by atoms with E-state index in [2.05, 4.69) is 10.2 Å². The van der Waals surface area contributed by atoms with Gasteiger partial charge in [0.1, 0.15) is 16.7 Å². The highest BCUT2D eigenvalue weighted by Crippen LogP contribution is 2.49. The topological polar surface area (TPSA) is 104 Å². The van der Waals surface area contributed by atoms with Crippen molar-refractivity contribution < 1.29 is 19.5 Å². The molecule has 2 amide bonds. The molecule has 1 aromatic heterocycles. The summed E-state index contributed by atoms with van der Waals surface area (Å²) in [5.74, 6) is -0.912. The molecule has 10 heteroatoms. The van der Waals surface area contributed by atoms with E-state index in [0.29, 0.717) is 25.1 Å². The summed E-state index contributed by atoms with van der Waals surface area (Å²) in [6.45, 7) is 2.34. The number of piperidine rings is 1. The van der Waals surface area contributed by atoms with E-state index in [1.165, 1.54) is 32.9 Å². The van der Waals surface area contributed by atoms with Crippen LogP contribution in [-0.4, -0.2) is 67.8 Å². The van der Waals surface area contributed by atoms with Crippen LogP contribution in [-0.2, 0) is 14.4 Å². The largest absolute Gasteiger partial charge is 0.477 e. The molecule has 3 atom stereocenters. The lowest BCUT2D eigenvalue weighted by Gasteiger charge is -2.52. The predicted molar refractivity (Wildman–Crippen MR) is 85.3 cm³/mol. The number of likely N-dealkylation sites (tertiary alicyclic amines) is 1. The lowest BCUT2D eigenvalue weighted by atomic mass is 9.78. The highest BCUT2D eigenvalue weighted by atomic mass is 32.2. The summed E-state index contributed by atoms with van der Waals surface area (Å²) < 4.78 is 0.784. The number of carboxylic acid groups (broad SMARTS) is 1. The molecule has 4 heterocycles. The van der Waals surface area contributed by atoms with E-state index in [9.17, 15) is 19.5 Å². The number of aromatic nitrogens is 2. The van der Waals surface area contributed by atoms with Gasteiger partial charge in [-0.2, -0.15) is 0 Å². The van der Waals surface area contributed by atoms with Crippen molar-refractivity contribution in [1.82, 2.24) is 20.0 Å². The average molecular weight is 366 g/mol. The first-order chi connectivity index (χ1) is 11.5. The summed E-state index contributed by atoms with van der Waals surface area (Å²) in [5.41, 5.74) is 0.861. The molecule has 3 aliphatic rings. The highest BCUT2D eigenvalue weighted by Gasteiger charge is 2.63. The first-order valence-electron chi connectivity index (χ1n) is 7.46. The quantitative estimate of drug-likeness (QED) is 0.455. The molecule has 24 heavy (non-hydrogen) atoms. The number of thioether (sulfide) groups is 1. The smallest absolute Gasteiger partial charge is 0.352 e. The fraction of sp³-hybridized carbons (Fsp3) is 0.500. The maximum absolute atomic E-state index is 12.4. The molecule has 2 fully saturated rings. The molecule has 3 aliphatic heterocycles. The molecule has 1 aromatic rings. The Hall–Kier alpha value is -1.94. The number of nitrogens with zero attached hydrogens (tertiary/aromatic N) is 4. The maximum atomic E-state index is 12.4. The van der Waals surface area contributed by atoms with Crippen LogP contribution in [0.15, 0.2) is 15.6 Å². The van der Waals surface area contributed by atoms with Gasteiger partial charge in [0.05, 0.1) is 6.04 Å². The Labute approximate surface area is 145 Å². The second kappa shape index (κ2) is 5.55. The molecule has 126 valence electrons. The van der Waals surface area contributed by atoms with Crippen LogP contribution >= 0.6 is 23.1 Å². The van der Waals surface area contributed by atoms with Crippen LogP contribution in [0, 0.1) is 12.8 Å². The lowest BCUT2D eigenvalue weighted by Crippen LogP contribution is -2.72. The number of rotatable bonds is 5. The van der Waals surface area contributed by atoms with Crippen molar-refractivity contribution in [1.29, 1.82) is 0 Å². The van der Waals surface area contributed by atoms with Gasteiger partial charge >= 0.3 is 5.97 Å². The normalized spacial score (nSPS) is 28.0. The van der Waals surface area contributed by atoms with Crippen LogP contribution in [0.3, 0.4) is 0 Å². The van der Waals surface area contributed by atoms with Crippen LogP contribution in [0.2, 0.25) is 0 Å². The molecule has 0 aromatic carbocycles. The van der Waals surface area contributed by atoms with E-state index in [1.807, 2.05) is 6.92 Å². The fourth-order valence-electron chi connectivity index (χ4n) is 3.81. The zero-order chi connectivity index (χ0) is 17.0. The molecule has 0 spiro atoms. The van der Waals surface area contributed by atoms with Crippen LogP contribution < -0.4 is 0 Å². The Morgan fingerprint density at radius 1 is 1.50 bits per heavy atom. The summed E-state index contributed by atoms with van der Waals surface area (Å²) >= 11 is 2.91. The van der Waals surface area contributed by atoms with Gasteiger partial charge in [-0.25, -0.2) is 4.79 Å². The minimum Gasteiger partial charge on any atom is -0.477 e. The minimum atomic E-state index is -1.09. The van der Waals surface area contributed by atoms with Gasteiger partial charge in [-0.15, -0.1) is 10.2 Å².